The van der Waals surface area contributed by atoms with E-state index in [1.165, 1.54) is 10.9 Å². The number of anilines is 1. The summed E-state index contributed by atoms with van der Waals surface area (Å²) in [5.74, 6) is -1.05. The summed E-state index contributed by atoms with van der Waals surface area (Å²) in [6.07, 6.45) is 6.29. The van der Waals surface area contributed by atoms with E-state index >= 15 is 0 Å². The van der Waals surface area contributed by atoms with Crippen LogP contribution in [0.3, 0.4) is 0 Å². The molecule has 3 aromatic rings. The van der Waals surface area contributed by atoms with E-state index in [1.807, 2.05) is 24.3 Å². The van der Waals surface area contributed by atoms with E-state index in [9.17, 15) is 14.9 Å². The molecule has 2 aromatic heterocycles. The highest BCUT2D eigenvalue weighted by Crippen LogP contribution is 2.34. The normalized spacial score (nSPS) is 18.5. The second kappa shape index (κ2) is 8.33. The monoisotopic (exact) mass is 402 g/mol. The molecular weight excluding hydrogens is 380 g/mol. The minimum atomic E-state index is -0.426. The number of amides is 1. The van der Waals surface area contributed by atoms with E-state index < -0.39 is 5.92 Å². The van der Waals surface area contributed by atoms with Gasteiger partial charge in [-0.15, -0.1) is 0 Å². The number of hydrogen-bond donors (Lipinski definition) is 2. The third-order valence-corrected chi connectivity index (χ3v) is 5.72. The molecule has 0 aliphatic heterocycles. The molecule has 2 heterocycles. The zero-order chi connectivity index (χ0) is 21.1. The topological polar surface area (TPSA) is 116 Å². The maximum atomic E-state index is 13.2. The molecule has 4 rings (SSSR count). The van der Waals surface area contributed by atoms with Crippen molar-refractivity contribution in [3.05, 3.63) is 54.0 Å². The summed E-state index contributed by atoms with van der Waals surface area (Å²) in [6.45, 7) is 0. The molecular formula is C22H22N6O2. The van der Waals surface area contributed by atoms with Gasteiger partial charge in [-0.25, -0.2) is 0 Å². The van der Waals surface area contributed by atoms with Crippen molar-refractivity contribution in [1.29, 1.82) is 5.26 Å². The Kier molecular flexibility index (Phi) is 5.44. The SMILES string of the molecule is Cn1ncc(NC(=O)C2CCCC[C@@H]2C(=O)c2ccc(-c3ccn[nH]3)cc2)c1C#N. The Labute approximate surface area is 173 Å². The quantitative estimate of drug-likeness (QED) is 0.635. The average molecular weight is 402 g/mol. The molecule has 30 heavy (non-hydrogen) atoms. The molecule has 1 amide bonds. The number of aromatic amines is 1. The van der Waals surface area contributed by atoms with E-state index in [4.69, 9.17) is 0 Å². The Morgan fingerprint density at radius 1 is 1.17 bits per heavy atom. The van der Waals surface area contributed by atoms with Crippen LogP contribution >= 0.6 is 0 Å². The van der Waals surface area contributed by atoms with Gasteiger partial charge in [-0.1, -0.05) is 37.1 Å². The molecule has 2 N–H and O–H groups in total. The van der Waals surface area contributed by atoms with Gasteiger partial charge in [-0.3, -0.25) is 19.4 Å². The molecule has 1 aliphatic carbocycles. The standard InChI is InChI=1S/C22H22N6O2/c1-28-20(12-23)19(13-25-28)26-22(30)17-5-3-2-4-16(17)21(29)15-8-6-14(7-9-15)18-10-11-24-27-18/h6-11,13,16-17H,2-5H2,1H3,(H,24,27)(H,26,30)/t16-,17?/m0/s1. The summed E-state index contributed by atoms with van der Waals surface area (Å²) >= 11 is 0. The van der Waals surface area contributed by atoms with Crippen LogP contribution in [0.4, 0.5) is 5.69 Å². The molecule has 1 saturated carbocycles. The predicted molar refractivity (Wildman–Crippen MR) is 110 cm³/mol. The summed E-state index contributed by atoms with van der Waals surface area (Å²) < 4.78 is 1.42. The number of nitrogens with zero attached hydrogens (tertiary/aromatic N) is 4. The summed E-state index contributed by atoms with van der Waals surface area (Å²) in [6, 6.07) is 11.3. The zero-order valence-corrected chi connectivity index (χ0v) is 16.6. The van der Waals surface area contributed by atoms with Crippen LogP contribution in [0.2, 0.25) is 0 Å². The number of rotatable bonds is 5. The summed E-state index contributed by atoms with van der Waals surface area (Å²) in [7, 11) is 1.65. The minimum Gasteiger partial charge on any atom is -0.322 e. The molecule has 1 aromatic carbocycles. The molecule has 1 unspecified atom stereocenters. The molecule has 0 saturated heterocycles. The van der Waals surface area contributed by atoms with Crippen LogP contribution < -0.4 is 5.32 Å². The third kappa shape index (κ3) is 3.74. The van der Waals surface area contributed by atoms with Crippen LogP contribution in [0, 0.1) is 23.2 Å². The van der Waals surface area contributed by atoms with Gasteiger partial charge < -0.3 is 5.32 Å². The fourth-order valence-corrected chi connectivity index (χ4v) is 4.09. The number of carbonyl (C=O) groups is 2. The van der Waals surface area contributed by atoms with Gasteiger partial charge in [0.25, 0.3) is 0 Å². The molecule has 152 valence electrons. The number of carbonyl (C=O) groups excluding carboxylic acids is 2. The highest BCUT2D eigenvalue weighted by molar-refractivity contribution is 6.03. The minimum absolute atomic E-state index is 0.0160. The molecule has 8 nitrogen and oxygen atoms in total. The maximum Gasteiger partial charge on any atom is 0.228 e. The number of ketones is 1. The summed E-state index contributed by atoms with van der Waals surface area (Å²) in [5, 5.41) is 22.9. The lowest BCUT2D eigenvalue weighted by molar-refractivity contribution is -0.122. The van der Waals surface area contributed by atoms with E-state index in [1.54, 1.807) is 25.4 Å². The van der Waals surface area contributed by atoms with Crippen molar-refractivity contribution in [1.82, 2.24) is 20.0 Å². The Morgan fingerprint density at radius 2 is 1.90 bits per heavy atom. The lowest BCUT2D eigenvalue weighted by Crippen LogP contribution is -2.36. The van der Waals surface area contributed by atoms with Gasteiger partial charge in [0.05, 0.1) is 17.6 Å². The lowest BCUT2D eigenvalue weighted by atomic mass is 9.75. The van der Waals surface area contributed by atoms with Gasteiger partial charge in [0.2, 0.25) is 5.91 Å². The second-order valence-corrected chi connectivity index (χ2v) is 7.54. The summed E-state index contributed by atoms with van der Waals surface area (Å²) in [5.41, 5.74) is 3.10. The van der Waals surface area contributed by atoms with Crippen molar-refractivity contribution in [2.75, 3.05) is 5.32 Å². The first-order valence-corrected chi connectivity index (χ1v) is 9.95. The third-order valence-electron chi connectivity index (χ3n) is 5.72. The van der Waals surface area contributed by atoms with Crippen LogP contribution in [-0.4, -0.2) is 31.7 Å². The van der Waals surface area contributed by atoms with Crippen LogP contribution in [0.15, 0.2) is 42.7 Å². The van der Waals surface area contributed by atoms with Crippen LogP contribution in [0.25, 0.3) is 11.3 Å². The number of aromatic nitrogens is 4. The number of nitriles is 1. The van der Waals surface area contributed by atoms with Gasteiger partial charge in [0, 0.05) is 30.6 Å². The smallest absolute Gasteiger partial charge is 0.228 e. The van der Waals surface area contributed by atoms with Crippen molar-refractivity contribution in [3.8, 4) is 17.3 Å². The maximum absolute atomic E-state index is 13.2. The highest BCUT2D eigenvalue weighted by Gasteiger charge is 2.36. The number of benzene rings is 1. The molecule has 2 atom stereocenters. The molecule has 8 heteroatoms. The predicted octanol–water partition coefficient (Wildman–Crippen LogP) is 3.31. The Bertz CT molecular complexity index is 1090. The molecule has 0 bridgehead atoms. The highest BCUT2D eigenvalue weighted by atomic mass is 16.2. The summed E-state index contributed by atoms with van der Waals surface area (Å²) in [4.78, 5) is 26.2. The molecule has 1 fully saturated rings. The second-order valence-electron chi connectivity index (χ2n) is 7.54. The van der Waals surface area contributed by atoms with Crippen molar-refractivity contribution in [2.45, 2.75) is 25.7 Å². The average Bonchev–Trinajstić information content (AvgIpc) is 3.43. The van der Waals surface area contributed by atoms with Gasteiger partial charge in [-0.2, -0.15) is 15.5 Å². The van der Waals surface area contributed by atoms with Crippen molar-refractivity contribution >= 4 is 17.4 Å². The first-order chi connectivity index (χ1) is 14.6. The fourth-order valence-electron chi connectivity index (χ4n) is 4.09. The zero-order valence-electron chi connectivity index (χ0n) is 16.6. The Morgan fingerprint density at radius 3 is 2.57 bits per heavy atom. The fraction of sp³-hybridized carbons (Fsp3) is 0.318. The number of Topliss-reactive ketones (excluding diaryl/α,β-unsaturated/α-hetero) is 1. The van der Waals surface area contributed by atoms with Gasteiger partial charge in [0.15, 0.2) is 11.5 Å². The van der Waals surface area contributed by atoms with Crippen LogP contribution in [-0.2, 0) is 11.8 Å². The van der Waals surface area contributed by atoms with Crippen molar-refractivity contribution in [3.63, 3.8) is 0 Å². The number of nitrogens with one attached hydrogen (secondary N) is 2. The number of hydrogen-bond acceptors (Lipinski definition) is 5. The largest absolute Gasteiger partial charge is 0.322 e. The van der Waals surface area contributed by atoms with Gasteiger partial charge in [-0.05, 0) is 24.5 Å². The van der Waals surface area contributed by atoms with E-state index in [0.717, 1.165) is 24.1 Å². The first kappa shape index (κ1) is 19.6. The molecule has 1 aliphatic rings. The Balaban J connectivity index is 1.52. The lowest BCUT2D eigenvalue weighted by Gasteiger charge is -2.29. The van der Waals surface area contributed by atoms with E-state index in [0.29, 0.717) is 24.1 Å². The molecule has 0 spiro atoms. The van der Waals surface area contributed by atoms with Crippen LogP contribution in [0.5, 0.6) is 0 Å². The number of H-pyrrole nitrogens is 1. The van der Waals surface area contributed by atoms with Crippen molar-refractivity contribution < 1.29 is 9.59 Å². The molecule has 0 radical (unpaired) electrons. The first-order valence-electron chi connectivity index (χ1n) is 9.95. The number of aryl methyl sites for hydroxylation is 1. The van der Waals surface area contributed by atoms with E-state index in [2.05, 4.69) is 20.6 Å². The van der Waals surface area contributed by atoms with Gasteiger partial charge >= 0.3 is 0 Å². The van der Waals surface area contributed by atoms with E-state index in [-0.39, 0.29) is 23.3 Å². The van der Waals surface area contributed by atoms with Gasteiger partial charge in [0.1, 0.15) is 6.07 Å². The van der Waals surface area contributed by atoms with Crippen LogP contribution in [0.1, 0.15) is 41.7 Å². The van der Waals surface area contributed by atoms with Crippen molar-refractivity contribution in [2.24, 2.45) is 18.9 Å². The Hall–Kier alpha value is -3.73.